The third-order valence-corrected chi connectivity index (χ3v) is 3.75. The number of nitrogens with zero attached hydrogens (tertiary/aromatic N) is 1. The van der Waals surface area contributed by atoms with E-state index in [1.54, 1.807) is 4.90 Å². The van der Waals surface area contributed by atoms with Gasteiger partial charge in [-0.15, -0.1) is 0 Å². The standard InChI is InChI=1S/C18H26N2O3/c1-18(2,3)23-17(22)20-11-7-10-15(13-20)16(21)19-12-14-8-5-4-6-9-14/h4-6,8-9,15H,7,10-13H2,1-3H3,(H,19,21)/t15-/m1/s1. The quantitative estimate of drug-likeness (QED) is 0.932. The van der Waals surface area contributed by atoms with Crippen LogP contribution in [0, 0.1) is 5.92 Å². The molecule has 0 bridgehead atoms. The number of hydrogen-bond donors (Lipinski definition) is 1. The lowest BCUT2D eigenvalue weighted by Gasteiger charge is -2.33. The maximum Gasteiger partial charge on any atom is 0.410 e. The highest BCUT2D eigenvalue weighted by Crippen LogP contribution is 2.19. The van der Waals surface area contributed by atoms with Crippen molar-refractivity contribution >= 4 is 12.0 Å². The molecule has 0 aliphatic carbocycles. The number of rotatable bonds is 3. The Hall–Kier alpha value is -2.04. The molecule has 0 radical (unpaired) electrons. The van der Waals surface area contributed by atoms with Crippen molar-refractivity contribution in [3.05, 3.63) is 35.9 Å². The van der Waals surface area contributed by atoms with Crippen LogP contribution in [0.5, 0.6) is 0 Å². The molecule has 1 aliphatic rings. The number of carbonyl (C=O) groups excluding carboxylic acids is 2. The van der Waals surface area contributed by atoms with Crippen LogP contribution in [0.25, 0.3) is 0 Å². The van der Waals surface area contributed by atoms with E-state index in [-0.39, 0.29) is 17.9 Å². The van der Waals surface area contributed by atoms with Gasteiger partial charge in [-0.2, -0.15) is 0 Å². The van der Waals surface area contributed by atoms with Crippen molar-refractivity contribution in [3.8, 4) is 0 Å². The molecule has 1 fully saturated rings. The molecule has 1 aromatic rings. The SMILES string of the molecule is CC(C)(C)OC(=O)N1CCC[C@@H](C(=O)NCc2ccccc2)C1. The molecule has 5 heteroatoms. The molecule has 0 unspecified atom stereocenters. The molecule has 126 valence electrons. The summed E-state index contributed by atoms with van der Waals surface area (Å²) < 4.78 is 5.39. The Labute approximate surface area is 138 Å². The number of ether oxygens (including phenoxy) is 1. The van der Waals surface area contributed by atoms with Crippen molar-refractivity contribution in [2.75, 3.05) is 13.1 Å². The van der Waals surface area contributed by atoms with Gasteiger partial charge < -0.3 is 15.0 Å². The Kier molecular flexibility index (Phi) is 5.64. The second-order valence-corrected chi connectivity index (χ2v) is 6.97. The molecule has 5 nitrogen and oxygen atoms in total. The lowest BCUT2D eigenvalue weighted by molar-refractivity contribution is -0.126. The van der Waals surface area contributed by atoms with Gasteiger partial charge in [0.15, 0.2) is 0 Å². The smallest absolute Gasteiger partial charge is 0.410 e. The van der Waals surface area contributed by atoms with E-state index in [1.807, 2.05) is 51.1 Å². The average molecular weight is 318 g/mol. The van der Waals surface area contributed by atoms with E-state index in [2.05, 4.69) is 5.32 Å². The topological polar surface area (TPSA) is 58.6 Å². The number of amides is 2. The normalized spacial score (nSPS) is 18.4. The summed E-state index contributed by atoms with van der Waals surface area (Å²) in [6.07, 6.45) is 1.29. The van der Waals surface area contributed by atoms with Gasteiger partial charge in [-0.25, -0.2) is 4.79 Å². The van der Waals surface area contributed by atoms with Gasteiger partial charge in [0.1, 0.15) is 5.60 Å². The van der Waals surface area contributed by atoms with E-state index < -0.39 is 5.60 Å². The summed E-state index contributed by atoms with van der Waals surface area (Å²) in [4.78, 5) is 26.1. The van der Waals surface area contributed by atoms with Gasteiger partial charge in [0.2, 0.25) is 5.91 Å². The average Bonchev–Trinajstić information content (AvgIpc) is 2.52. The first-order chi connectivity index (χ1) is 10.8. The first-order valence-corrected chi connectivity index (χ1v) is 8.15. The highest BCUT2D eigenvalue weighted by Gasteiger charge is 2.30. The molecule has 1 heterocycles. The Morgan fingerprint density at radius 3 is 2.61 bits per heavy atom. The van der Waals surface area contributed by atoms with Gasteiger partial charge in [-0.05, 0) is 39.2 Å². The summed E-state index contributed by atoms with van der Waals surface area (Å²) in [6, 6.07) is 9.81. The summed E-state index contributed by atoms with van der Waals surface area (Å²) in [5, 5.41) is 2.96. The molecular weight excluding hydrogens is 292 g/mol. The summed E-state index contributed by atoms with van der Waals surface area (Å²) in [5.41, 5.74) is 0.556. The molecule has 0 saturated carbocycles. The molecular formula is C18H26N2O3. The van der Waals surface area contributed by atoms with E-state index in [4.69, 9.17) is 4.74 Å². The lowest BCUT2D eigenvalue weighted by Crippen LogP contribution is -2.46. The fraction of sp³-hybridized carbons (Fsp3) is 0.556. The van der Waals surface area contributed by atoms with Crippen LogP contribution in [-0.4, -0.2) is 35.6 Å². The molecule has 2 rings (SSSR count). The van der Waals surface area contributed by atoms with Crippen LogP contribution < -0.4 is 5.32 Å². The Morgan fingerprint density at radius 1 is 1.26 bits per heavy atom. The third kappa shape index (κ3) is 5.58. The molecule has 1 aromatic carbocycles. The van der Waals surface area contributed by atoms with Crippen LogP contribution >= 0.6 is 0 Å². The fourth-order valence-electron chi connectivity index (χ4n) is 2.61. The van der Waals surface area contributed by atoms with Crippen LogP contribution in [0.3, 0.4) is 0 Å². The van der Waals surface area contributed by atoms with Crippen LogP contribution in [0.4, 0.5) is 4.79 Å². The Balaban J connectivity index is 1.85. The van der Waals surface area contributed by atoms with E-state index in [0.29, 0.717) is 19.6 Å². The minimum absolute atomic E-state index is 0.00196. The molecule has 1 saturated heterocycles. The summed E-state index contributed by atoms with van der Waals surface area (Å²) in [7, 11) is 0. The molecule has 23 heavy (non-hydrogen) atoms. The van der Waals surface area contributed by atoms with Gasteiger partial charge in [-0.1, -0.05) is 30.3 Å². The van der Waals surface area contributed by atoms with Gasteiger partial charge >= 0.3 is 6.09 Å². The predicted octanol–water partition coefficient (Wildman–Crippen LogP) is 2.95. The highest BCUT2D eigenvalue weighted by atomic mass is 16.6. The van der Waals surface area contributed by atoms with Crippen LogP contribution in [0.1, 0.15) is 39.2 Å². The third-order valence-electron chi connectivity index (χ3n) is 3.75. The Bertz CT molecular complexity index is 537. The van der Waals surface area contributed by atoms with E-state index in [0.717, 1.165) is 18.4 Å². The lowest BCUT2D eigenvalue weighted by atomic mass is 9.97. The number of nitrogens with one attached hydrogen (secondary N) is 1. The van der Waals surface area contributed by atoms with Crippen molar-refractivity contribution in [3.63, 3.8) is 0 Å². The van der Waals surface area contributed by atoms with Crippen LogP contribution in [0.15, 0.2) is 30.3 Å². The van der Waals surface area contributed by atoms with Crippen LogP contribution in [0.2, 0.25) is 0 Å². The van der Waals surface area contributed by atoms with Crippen molar-refractivity contribution in [1.82, 2.24) is 10.2 Å². The fourth-order valence-corrected chi connectivity index (χ4v) is 2.61. The maximum atomic E-state index is 12.3. The maximum absolute atomic E-state index is 12.3. The number of hydrogen-bond acceptors (Lipinski definition) is 3. The summed E-state index contributed by atoms with van der Waals surface area (Å²) in [6.45, 7) is 7.13. The zero-order valence-corrected chi connectivity index (χ0v) is 14.2. The van der Waals surface area contributed by atoms with Crippen molar-refractivity contribution in [1.29, 1.82) is 0 Å². The largest absolute Gasteiger partial charge is 0.444 e. The van der Waals surface area contributed by atoms with Crippen molar-refractivity contribution < 1.29 is 14.3 Å². The highest BCUT2D eigenvalue weighted by molar-refractivity contribution is 5.80. The second-order valence-electron chi connectivity index (χ2n) is 6.97. The second kappa shape index (κ2) is 7.49. The van der Waals surface area contributed by atoms with Gasteiger partial charge in [-0.3, -0.25) is 4.79 Å². The summed E-state index contributed by atoms with van der Waals surface area (Å²) in [5.74, 6) is -0.165. The monoisotopic (exact) mass is 318 g/mol. The van der Waals surface area contributed by atoms with E-state index in [1.165, 1.54) is 0 Å². The van der Waals surface area contributed by atoms with E-state index >= 15 is 0 Å². The molecule has 0 aromatic heterocycles. The number of benzene rings is 1. The van der Waals surface area contributed by atoms with Gasteiger partial charge in [0.05, 0.1) is 5.92 Å². The zero-order valence-electron chi connectivity index (χ0n) is 14.2. The Morgan fingerprint density at radius 2 is 1.96 bits per heavy atom. The van der Waals surface area contributed by atoms with Crippen LogP contribution in [-0.2, 0) is 16.1 Å². The van der Waals surface area contributed by atoms with E-state index in [9.17, 15) is 9.59 Å². The van der Waals surface area contributed by atoms with Gasteiger partial charge in [0.25, 0.3) is 0 Å². The molecule has 1 aliphatic heterocycles. The van der Waals surface area contributed by atoms with Gasteiger partial charge in [0, 0.05) is 19.6 Å². The molecule has 1 N–H and O–H groups in total. The summed E-state index contributed by atoms with van der Waals surface area (Å²) >= 11 is 0. The number of likely N-dealkylation sites (tertiary alicyclic amines) is 1. The predicted molar refractivity (Wildman–Crippen MR) is 88.8 cm³/mol. The zero-order chi connectivity index (χ0) is 16.9. The molecule has 1 atom stereocenters. The molecule has 0 spiro atoms. The minimum Gasteiger partial charge on any atom is -0.444 e. The first-order valence-electron chi connectivity index (χ1n) is 8.15. The number of piperidine rings is 1. The molecule has 2 amide bonds. The minimum atomic E-state index is -0.514. The first kappa shape index (κ1) is 17.3. The van der Waals surface area contributed by atoms with Crippen molar-refractivity contribution in [2.24, 2.45) is 5.92 Å². The van der Waals surface area contributed by atoms with Crippen molar-refractivity contribution in [2.45, 2.75) is 45.8 Å². The number of carbonyl (C=O) groups is 2.